The Bertz CT molecular complexity index is 799. The summed E-state index contributed by atoms with van der Waals surface area (Å²) in [6.45, 7) is 0. The van der Waals surface area contributed by atoms with Gasteiger partial charge in [-0.15, -0.1) is 0 Å². The molecule has 1 aromatic carbocycles. The molecule has 23 heavy (non-hydrogen) atoms. The van der Waals surface area contributed by atoms with Gasteiger partial charge in [0.2, 0.25) is 6.43 Å². The highest BCUT2D eigenvalue weighted by molar-refractivity contribution is 5.64. The van der Waals surface area contributed by atoms with Crippen LogP contribution in [0.25, 0.3) is 11.1 Å². The first kappa shape index (κ1) is 15.1. The topological polar surface area (TPSA) is 25.8 Å². The number of allylic oxidation sites excluding steroid dienone is 4. The average molecular weight is 308 g/mol. The van der Waals surface area contributed by atoms with Gasteiger partial charge in [-0.3, -0.25) is 0 Å². The summed E-state index contributed by atoms with van der Waals surface area (Å²) in [5.41, 5.74) is 3.33. The normalized spacial score (nSPS) is 16.7. The highest BCUT2D eigenvalue weighted by atomic mass is 19.3. The van der Waals surface area contributed by atoms with Crippen molar-refractivity contribution in [3.8, 4) is 23.0 Å². The molecule has 1 atom stereocenters. The van der Waals surface area contributed by atoms with Gasteiger partial charge >= 0.3 is 0 Å². The quantitative estimate of drug-likeness (QED) is 0.775. The zero-order valence-corrected chi connectivity index (χ0v) is 12.3. The number of alkyl halides is 2. The van der Waals surface area contributed by atoms with Crippen LogP contribution < -0.4 is 0 Å². The van der Waals surface area contributed by atoms with Crippen LogP contribution in [-0.4, -0.2) is 16.4 Å². The molecule has 1 aliphatic rings. The van der Waals surface area contributed by atoms with Gasteiger partial charge in [0, 0.05) is 35.0 Å². The fourth-order valence-electron chi connectivity index (χ4n) is 2.33. The fourth-order valence-corrected chi connectivity index (χ4v) is 2.33. The highest BCUT2D eigenvalue weighted by Crippen LogP contribution is 2.23. The summed E-state index contributed by atoms with van der Waals surface area (Å²) in [6, 6.07) is 7.68. The first-order valence-electron chi connectivity index (χ1n) is 7.26. The number of benzene rings is 1. The maximum Gasteiger partial charge on any atom is 0.245 e. The number of halogens is 2. The van der Waals surface area contributed by atoms with Crippen LogP contribution >= 0.6 is 0 Å². The number of aromatic nitrogens is 2. The van der Waals surface area contributed by atoms with Crippen molar-refractivity contribution in [3.05, 3.63) is 72.4 Å². The molecule has 3 rings (SSSR count). The van der Waals surface area contributed by atoms with Crippen molar-refractivity contribution in [2.24, 2.45) is 5.92 Å². The molecule has 1 aliphatic carbocycles. The Morgan fingerprint density at radius 3 is 2.70 bits per heavy atom. The molecule has 4 heteroatoms. The van der Waals surface area contributed by atoms with Crippen LogP contribution in [0.15, 0.2) is 66.8 Å². The molecule has 2 nitrogen and oxygen atoms in total. The predicted octanol–water partition coefficient (Wildman–Crippen LogP) is 4.26. The first-order valence-corrected chi connectivity index (χ1v) is 7.26. The van der Waals surface area contributed by atoms with Gasteiger partial charge < -0.3 is 0 Å². The minimum atomic E-state index is -2.35. The van der Waals surface area contributed by atoms with Crippen molar-refractivity contribution in [2.45, 2.75) is 12.8 Å². The van der Waals surface area contributed by atoms with Gasteiger partial charge in [0.05, 0.1) is 0 Å². The lowest BCUT2D eigenvalue weighted by Crippen LogP contribution is -2.09. The molecule has 1 heterocycles. The standard InChI is InChI=1S/C19H14F2N2/c20-19(21)17-6-2-4-15(10-17)8-7-14-3-1-5-16(9-14)18-11-22-13-23-12-18/h1-5,9-13,17,19H,6H2. The summed E-state index contributed by atoms with van der Waals surface area (Å²) in [5, 5.41) is 0. The van der Waals surface area contributed by atoms with E-state index in [0.29, 0.717) is 12.0 Å². The van der Waals surface area contributed by atoms with Crippen molar-refractivity contribution in [1.82, 2.24) is 9.97 Å². The molecule has 1 unspecified atom stereocenters. The van der Waals surface area contributed by atoms with E-state index in [1.54, 1.807) is 30.6 Å². The average Bonchev–Trinajstić information content (AvgIpc) is 2.61. The van der Waals surface area contributed by atoms with E-state index in [1.807, 2.05) is 24.3 Å². The van der Waals surface area contributed by atoms with Crippen LogP contribution in [0.4, 0.5) is 8.78 Å². The monoisotopic (exact) mass is 308 g/mol. The Morgan fingerprint density at radius 2 is 1.91 bits per heavy atom. The summed E-state index contributed by atoms with van der Waals surface area (Å²) < 4.78 is 25.5. The van der Waals surface area contributed by atoms with E-state index in [4.69, 9.17) is 0 Å². The third-order valence-electron chi connectivity index (χ3n) is 3.53. The van der Waals surface area contributed by atoms with Crippen LogP contribution in [0.3, 0.4) is 0 Å². The summed E-state index contributed by atoms with van der Waals surface area (Å²) in [7, 11) is 0. The van der Waals surface area contributed by atoms with Crippen molar-refractivity contribution in [1.29, 1.82) is 0 Å². The van der Waals surface area contributed by atoms with E-state index in [0.717, 1.165) is 16.7 Å². The van der Waals surface area contributed by atoms with Gasteiger partial charge in [-0.05, 0) is 24.1 Å². The molecule has 1 aromatic heterocycles. The predicted molar refractivity (Wildman–Crippen MR) is 85.7 cm³/mol. The molecule has 0 fully saturated rings. The molecule has 0 saturated heterocycles. The number of hydrogen-bond acceptors (Lipinski definition) is 2. The molecule has 2 aromatic rings. The molecule has 0 radical (unpaired) electrons. The SMILES string of the molecule is FC(F)C1C=C(C#Cc2cccc(-c3cncnc3)c2)C=CC1. The summed E-state index contributed by atoms with van der Waals surface area (Å²) in [5.74, 6) is 5.25. The summed E-state index contributed by atoms with van der Waals surface area (Å²) in [6.07, 6.45) is 8.06. The molecule has 0 N–H and O–H groups in total. The van der Waals surface area contributed by atoms with Gasteiger partial charge in [0.15, 0.2) is 0 Å². The second-order valence-corrected chi connectivity index (χ2v) is 5.22. The molecule has 114 valence electrons. The zero-order valence-electron chi connectivity index (χ0n) is 12.3. The van der Waals surface area contributed by atoms with E-state index in [2.05, 4.69) is 21.8 Å². The van der Waals surface area contributed by atoms with Crippen molar-refractivity contribution < 1.29 is 8.78 Å². The third kappa shape index (κ3) is 3.89. The first-order chi connectivity index (χ1) is 11.2. The molecule has 0 saturated carbocycles. The smallest absolute Gasteiger partial charge is 0.244 e. The number of hydrogen-bond donors (Lipinski definition) is 0. The van der Waals surface area contributed by atoms with Crippen molar-refractivity contribution in [3.63, 3.8) is 0 Å². The maximum atomic E-state index is 12.8. The van der Waals surface area contributed by atoms with E-state index < -0.39 is 12.3 Å². The molecule has 0 aliphatic heterocycles. The van der Waals surface area contributed by atoms with E-state index in [-0.39, 0.29) is 0 Å². The molecule has 0 spiro atoms. The highest BCUT2D eigenvalue weighted by Gasteiger charge is 2.18. The van der Waals surface area contributed by atoms with E-state index in [9.17, 15) is 8.78 Å². The van der Waals surface area contributed by atoms with Gasteiger partial charge in [0.25, 0.3) is 0 Å². The van der Waals surface area contributed by atoms with Gasteiger partial charge in [-0.1, -0.05) is 42.2 Å². The Morgan fingerprint density at radius 1 is 1.09 bits per heavy atom. The minimum Gasteiger partial charge on any atom is -0.244 e. The number of rotatable bonds is 2. The maximum absolute atomic E-state index is 12.8. The minimum absolute atomic E-state index is 0.367. The number of nitrogens with zero attached hydrogens (tertiary/aromatic N) is 2. The Balaban J connectivity index is 1.83. The lowest BCUT2D eigenvalue weighted by molar-refractivity contribution is 0.101. The van der Waals surface area contributed by atoms with E-state index in [1.165, 1.54) is 6.33 Å². The van der Waals surface area contributed by atoms with E-state index >= 15 is 0 Å². The fraction of sp³-hybridized carbons (Fsp3) is 0.158. The Labute approximate surface area is 133 Å². The zero-order chi connectivity index (χ0) is 16.1. The van der Waals surface area contributed by atoms with Crippen LogP contribution in [-0.2, 0) is 0 Å². The van der Waals surface area contributed by atoms with Gasteiger partial charge in [-0.2, -0.15) is 0 Å². The summed E-state index contributed by atoms with van der Waals surface area (Å²) >= 11 is 0. The van der Waals surface area contributed by atoms with Crippen LogP contribution in [0, 0.1) is 17.8 Å². The Hall–Kier alpha value is -2.80. The summed E-state index contributed by atoms with van der Waals surface area (Å²) in [4.78, 5) is 8.00. The van der Waals surface area contributed by atoms with Crippen LogP contribution in [0.5, 0.6) is 0 Å². The van der Waals surface area contributed by atoms with Gasteiger partial charge in [-0.25, -0.2) is 18.7 Å². The lowest BCUT2D eigenvalue weighted by atomic mass is 9.96. The molecular weight excluding hydrogens is 294 g/mol. The largest absolute Gasteiger partial charge is 0.245 e. The second-order valence-electron chi connectivity index (χ2n) is 5.22. The lowest BCUT2D eigenvalue weighted by Gasteiger charge is -2.12. The van der Waals surface area contributed by atoms with Crippen molar-refractivity contribution in [2.75, 3.05) is 0 Å². The molecule has 0 amide bonds. The third-order valence-corrected chi connectivity index (χ3v) is 3.53. The molecule has 0 bridgehead atoms. The second kappa shape index (κ2) is 6.97. The van der Waals surface area contributed by atoms with Crippen molar-refractivity contribution >= 4 is 0 Å². The van der Waals surface area contributed by atoms with Crippen LogP contribution in [0.2, 0.25) is 0 Å². The van der Waals surface area contributed by atoms with Gasteiger partial charge in [0.1, 0.15) is 6.33 Å². The van der Waals surface area contributed by atoms with Crippen LogP contribution in [0.1, 0.15) is 12.0 Å². The Kier molecular flexibility index (Phi) is 4.58. The molecular formula is C19H14F2N2.